The van der Waals surface area contributed by atoms with Crippen LogP contribution in [0.3, 0.4) is 0 Å². The molecule has 0 spiro atoms. The first-order valence-electron chi connectivity index (χ1n) is 6.71. The number of esters is 2. The van der Waals surface area contributed by atoms with Gasteiger partial charge in [0.05, 0.1) is 13.2 Å². The van der Waals surface area contributed by atoms with Crippen LogP contribution in [0.5, 0.6) is 0 Å². The van der Waals surface area contributed by atoms with Crippen LogP contribution in [-0.2, 0) is 23.8 Å². The van der Waals surface area contributed by atoms with E-state index in [4.69, 9.17) is 14.6 Å². The Morgan fingerprint density at radius 1 is 0.900 bits per heavy atom. The fourth-order valence-electron chi connectivity index (χ4n) is 1.22. The minimum Gasteiger partial charge on any atom is -0.465 e. The van der Waals surface area contributed by atoms with Gasteiger partial charge in [-0.1, -0.05) is 26.7 Å². The summed E-state index contributed by atoms with van der Waals surface area (Å²) in [7, 11) is 0. The average Bonchev–Trinajstić information content (AvgIpc) is 2.39. The number of unbranched alkanes of at least 4 members (excludes halogenated alkanes) is 2. The third-order valence-corrected chi connectivity index (χ3v) is 2.43. The number of hydrogen-bond donors (Lipinski definition) is 1. The molecule has 7 heteroatoms. The number of carbonyl (C=O) groups excluding carboxylic acids is 2. The molecule has 0 aliphatic rings. The van der Waals surface area contributed by atoms with Crippen molar-refractivity contribution in [2.24, 2.45) is 5.92 Å². The summed E-state index contributed by atoms with van der Waals surface area (Å²) >= 11 is 0. The average molecular weight is 290 g/mol. The Labute approximate surface area is 118 Å². The summed E-state index contributed by atoms with van der Waals surface area (Å²) in [4.78, 5) is 33.8. The van der Waals surface area contributed by atoms with Crippen LogP contribution >= 0.6 is 0 Å². The predicted octanol–water partition coefficient (Wildman–Crippen LogP) is 1.98. The Morgan fingerprint density at radius 3 is 1.70 bits per heavy atom. The highest BCUT2D eigenvalue weighted by atomic mass is 16.7. The highest BCUT2D eigenvalue weighted by molar-refractivity contribution is 5.95. The van der Waals surface area contributed by atoms with Gasteiger partial charge in [-0.25, -0.2) is 4.79 Å². The molecule has 0 rings (SSSR count). The van der Waals surface area contributed by atoms with E-state index in [1.165, 1.54) is 0 Å². The molecule has 0 bridgehead atoms. The fourth-order valence-corrected chi connectivity index (χ4v) is 1.22. The molecule has 20 heavy (non-hydrogen) atoms. The molecule has 0 amide bonds. The maximum absolute atomic E-state index is 11.7. The standard InChI is InChI=1S/C13H22O7/c1-3-5-7-18-11(14)10(9-20-13(16)17)12(15)19-8-6-4-2/h10H,3-9H2,1-2H3,(H,16,17). The van der Waals surface area contributed by atoms with E-state index in [0.717, 1.165) is 12.8 Å². The van der Waals surface area contributed by atoms with Crippen molar-refractivity contribution < 1.29 is 33.7 Å². The maximum atomic E-state index is 11.7. The summed E-state index contributed by atoms with van der Waals surface area (Å²) in [5, 5.41) is 8.43. The molecule has 7 nitrogen and oxygen atoms in total. The summed E-state index contributed by atoms with van der Waals surface area (Å²) in [5.74, 6) is -3.00. The lowest BCUT2D eigenvalue weighted by atomic mass is 10.1. The van der Waals surface area contributed by atoms with Crippen molar-refractivity contribution in [3.8, 4) is 0 Å². The largest absolute Gasteiger partial charge is 0.505 e. The van der Waals surface area contributed by atoms with Gasteiger partial charge in [-0.2, -0.15) is 0 Å². The molecule has 0 saturated heterocycles. The molecule has 1 N–H and O–H groups in total. The highest BCUT2D eigenvalue weighted by Gasteiger charge is 2.31. The smallest absolute Gasteiger partial charge is 0.465 e. The zero-order chi connectivity index (χ0) is 15.4. The Bertz CT molecular complexity index is 292. The second kappa shape index (κ2) is 11.1. The predicted molar refractivity (Wildman–Crippen MR) is 69.2 cm³/mol. The number of rotatable bonds is 10. The van der Waals surface area contributed by atoms with Gasteiger partial charge < -0.3 is 19.3 Å². The first kappa shape index (κ1) is 18.2. The Balaban J connectivity index is 4.40. The van der Waals surface area contributed by atoms with E-state index in [1.807, 2.05) is 13.8 Å². The van der Waals surface area contributed by atoms with Gasteiger partial charge in [0.15, 0.2) is 5.92 Å². The molecule has 0 saturated carbocycles. The van der Waals surface area contributed by atoms with Crippen molar-refractivity contribution in [2.75, 3.05) is 19.8 Å². The van der Waals surface area contributed by atoms with Crippen LogP contribution in [0, 0.1) is 5.92 Å². The molecule has 0 aromatic rings. The molecular formula is C13H22O7. The second-order valence-electron chi connectivity index (χ2n) is 4.17. The second-order valence-corrected chi connectivity index (χ2v) is 4.17. The summed E-state index contributed by atoms with van der Waals surface area (Å²) in [5.41, 5.74) is 0. The van der Waals surface area contributed by atoms with Crippen LogP contribution in [0.15, 0.2) is 0 Å². The van der Waals surface area contributed by atoms with Gasteiger partial charge in [-0.15, -0.1) is 0 Å². The van der Waals surface area contributed by atoms with Gasteiger partial charge in [-0.05, 0) is 12.8 Å². The molecule has 0 atom stereocenters. The van der Waals surface area contributed by atoms with Crippen molar-refractivity contribution >= 4 is 18.1 Å². The number of ether oxygens (including phenoxy) is 3. The van der Waals surface area contributed by atoms with Gasteiger partial charge in [0, 0.05) is 0 Å². The Hall–Kier alpha value is -1.79. The van der Waals surface area contributed by atoms with Gasteiger partial charge >= 0.3 is 18.1 Å². The van der Waals surface area contributed by atoms with E-state index in [0.29, 0.717) is 12.8 Å². The molecule has 0 aromatic carbocycles. The van der Waals surface area contributed by atoms with Gasteiger partial charge in [-0.3, -0.25) is 9.59 Å². The van der Waals surface area contributed by atoms with E-state index in [1.54, 1.807) is 0 Å². The molecule has 0 fully saturated rings. The monoisotopic (exact) mass is 290 g/mol. The van der Waals surface area contributed by atoms with Crippen LogP contribution in [-0.4, -0.2) is 43.0 Å². The molecular weight excluding hydrogens is 268 g/mol. The molecule has 0 unspecified atom stereocenters. The lowest BCUT2D eigenvalue weighted by Gasteiger charge is -2.14. The minimum atomic E-state index is -1.56. The van der Waals surface area contributed by atoms with Crippen LogP contribution in [0.25, 0.3) is 0 Å². The molecule has 0 aromatic heterocycles. The summed E-state index contributed by atoms with van der Waals surface area (Å²) in [6.45, 7) is 3.63. The quantitative estimate of drug-likeness (QED) is 0.284. The molecule has 0 heterocycles. The van der Waals surface area contributed by atoms with E-state index in [9.17, 15) is 14.4 Å². The lowest BCUT2D eigenvalue weighted by Crippen LogP contribution is -2.33. The molecule has 0 aliphatic carbocycles. The number of hydrogen-bond acceptors (Lipinski definition) is 6. The summed E-state index contributed by atoms with van der Waals surface area (Å²) < 4.78 is 14.1. The fraction of sp³-hybridized carbons (Fsp3) is 0.769. The third-order valence-electron chi connectivity index (χ3n) is 2.43. The molecule has 0 radical (unpaired) electrons. The third kappa shape index (κ3) is 8.34. The van der Waals surface area contributed by atoms with Crippen molar-refractivity contribution in [1.82, 2.24) is 0 Å². The zero-order valence-electron chi connectivity index (χ0n) is 11.9. The van der Waals surface area contributed by atoms with Crippen LogP contribution in [0.1, 0.15) is 39.5 Å². The van der Waals surface area contributed by atoms with Crippen molar-refractivity contribution in [3.05, 3.63) is 0 Å². The number of carboxylic acid groups (broad SMARTS) is 1. The SMILES string of the molecule is CCCCOC(=O)C(COC(=O)O)C(=O)OCCCC. The summed E-state index contributed by atoms with van der Waals surface area (Å²) in [6, 6.07) is 0. The van der Waals surface area contributed by atoms with Gasteiger partial charge in [0.25, 0.3) is 0 Å². The summed E-state index contributed by atoms with van der Waals surface area (Å²) in [6.07, 6.45) is 1.46. The maximum Gasteiger partial charge on any atom is 0.505 e. The van der Waals surface area contributed by atoms with Crippen LogP contribution in [0.4, 0.5) is 4.79 Å². The number of carbonyl (C=O) groups is 3. The van der Waals surface area contributed by atoms with Crippen molar-refractivity contribution in [1.29, 1.82) is 0 Å². The van der Waals surface area contributed by atoms with E-state index >= 15 is 0 Å². The van der Waals surface area contributed by atoms with Gasteiger partial charge in [0.2, 0.25) is 0 Å². The molecule has 116 valence electrons. The minimum absolute atomic E-state index is 0.182. The van der Waals surface area contributed by atoms with E-state index in [2.05, 4.69) is 4.74 Å². The first-order chi connectivity index (χ1) is 9.52. The topological polar surface area (TPSA) is 99.1 Å². The first-order valence-corrected chi connectivity index (χ1v) is 6.71. The lowest BCUT2D eigenvalue weighted by molar-refractivity contribution is -0.164. The Morgan fingerprint density at radius 2 is 1.35 bits per heavy atom. The van der Waals surface area contributed by atoms with Gasteiger partial charge in [0.1, 0.15) is 6.61 Å². The van der Waals surface area contributed by atoms with E-state index < -0.39 is 30.6 Å². The Kier molecular flexibility index (Phi) is 10.1. The van der Waals surface area contributed by atoms with Crippen molar-refractivity contribution in [2.45, 2.75) is 39.5 Å². The van der Waals surface area contributed by atoms with Crippen molar-refractivity contribution in [3.63, 3.8) is 0 Å². The molecule has 0 aliphatic heterocycles. The normalized spacial score (nSPS) is 10.2. The van der Waals surface area contributed by atoms with E-state index in [-0.39, 0.29) is 13.2 Å². The zero-order valence-corrected chi connectivity index (χ0v) is 11.9. The van der Waals surface area contributed by atoms with Crippen LogP contribution < -0.4 is 0 Å². The van der Waals surface area contributed by atoms with Crippen LogP contribution in [0.2, 0.25) is 0 Å². The highest BCUT2D eigenvalue weighted by Crippen LogP contribution is 2.07.